The van der Waals surface area contributed by atoms with Gasteiger partial charge in [0.15, 0.2) is 6.10 Å². The Hall–Kier alpha value is -3.11. The van der Waals surface area contributed by atoms with Crippen LogP contribution in [0.25, 0.3) is 0 Å². The first-order chi connectivity index (χ1) is 12.6. The van der Waals surface area contributed by atoms with Gasteiger partial charge in [-0.05, 0) is 23.8 Å². The Morgan fingerprint density at radius 3 is 2.04 bits per heavy atom. The molecule has 0 heterocycles. The van der Waals surface area contributed by atoms with Crippen LogP contribution in [-0.2, 0) is 4.74 Å². The van der Waals surface area contributed by atoms with Gasteiger partial charge in [0.25, 0.3) is 0 Å². The number of hydrogen-bond donors (Lipinski definition) is 1. The van der Waals surface area contributed by atoms with Crippen LogP contribution in [-0.4, -0.2) is 17.0 Å². The molecule has 5 heteroatoms. The summed E-state index contributed by atoms with van der Waals surface area (Å²) in [5.41, 5.74) is 1.25. The summed E-state index contributed by atoms with van der Waals surface area (Å²) in [5, 5.41) is 9.76. The zero-order valence-electron chi connectivity index (χ0n) is 13.6. The lowest BCUT2D eigenvalue weighted by Gasteiger charge is -2.20. The van der Waals surface area contributed by atoms with Gasteiger partial charge in [-0.1, -0.05) is 72.3 Å². The monoisotopic (exact) mass is 366 g/mol. The molecule has 0 aliphatic rings. The SMILES string of the molecule is O=C(O)c1ccccc1C(=O)O[C@H](c1ccccc1)c1ccccc1Cl. The van der Waals surface area contributed by atoms with Crippen molar-refractivity contribution in [1.29, 1.82) is 0 Å². The van der Waals surface area contributed by atoms with E-state index in [0.717, 1.165) is 5.56 Å². The predicted octanol–water partition coefficient (Wildman–Crippen LogP) is 4.98. The van der Waals surface area contributed by atoms with Gasteiger partial charge >= 0.3 is 11.9 Å². The number of hydrogen-bond acceptors (Lipinski definition) is 3. The highest BCUT2D eigenvalue weighted by molar-refractivity contribution is 6.31. The second kappa shape index (κ2) is 7.85. The smallest absolute Gasteiger partial charge is 0.339 e. The third-order valence-electron chi connectivity index (χ3n) is 3.89. The molecule has 4 nitrogen and oxygen atoms in total. The Balaban J connectivity index is 2.01. The van der Waals surface area contributed by atoms with Crippen LogP contribution in [0.2, 0.25) is 5.02 Å². The minimum absolute atomic E-state index is 0.00650. The first-order valence-electron chi connectivity index (χ1n) is 7.90. The number of benzene rings is 3. The topological polar surface area (TPSA) is 63.6 Å². The maximum absolute atomic E-state index is 12.7. The predicted molar refractivity (Wildman–Crippen MR) is 98.6 cm³/mol. The van der Waals surface area contributed by atoms with Gasteiger partial charge < -0.3 is 9.84 Å². The summed E-state index contributed by atoms with van der Waals surface area (Å²) in [4.78, 5) is 24.1. The van der Waals surface area contributed by atoms with E-state index in [9.17, 15) is 14.7 Å². The minimum atomic E-state index is -1.19. The molecule has 3 aromatic carbocycles. The molecule has 0 spiro atoms. The third kappa shape index (κ3) is 3.76. The van der Waals surface area contributed by atoms with Gasteiger partial charge in [0.1, 0.15) is 0 Å². The highest BCUT2D eigenvalue weighted by Crippen LogP contribution is 2.32. The van der Waals surface area contributed by atoms with Crippen LogP contribution in [0.1, 0.15) is 37.9 Å². The van der Waals surface area contributed by atoms with Crippen molar-refractivity contribution in [3.05, 3.63) is 106 Å². The van der Waals surface area contributed by atoms with E-state index in [2.05, 4.69) is 0 Å². The minimum Gasteiger partial charge on any atom is -0.478 e. The molecule has 1 atom stereocenters. The van der Waals surface area contributed by atoms with Crippen LogP contribution in [0.4, 0.5) is 0 Å². The summed E-state index contributed by atoms with van der Waals surface area (Å²) in [7, 11) is 0. The molecule has 3 aromatic rings. The van der Waals surface area contributed by atoms with Crippen LogP contribution in [0, 0.1) is 0 Å². The van der Waals surface area contributed by atoms with Crippen molar-refractivity contribution in [3.8, 4) is 0 Å². The molecule has 0 unspecified atom stereocenters. The van der Waals surface area contributed by atoms with E-state index in [1.54, 1.807) is 36.4 Å². The van der Waals surface area contributed by atoms with Crippen LogP contribution in [0.15, 0.2) is 78.9 Å². The average Bonchev–Trinajstić information content (AvgIpc) is 2.67. The van der Waals surface area contributed by atoms with Crippen LogP contribution < -0.4 is 0 Å². The standard InChI is InChI=1S/C21H15ClO4/c22-18-13-7-6-12-17(18)19(14-8-2-1-3-9-14)26-21(25)16-11-5-4-10-15(16)20(23)24/h1-13,19H,(H,23,24)/t19-/m1/s1. The molecule has 0 radical (unpaired) electrons. The normalized spacial score (nSPS) is 11.6. The van der Waals surface area contributed by atoms with Gasteiger partial charge in [0.2, 0.25) is 0 Å². The lowest BCUT2D eigenvalue weighted by Crippen LogP contribution is -2.16. The van der Waals surface area contributed by atoms with Gasteiger partial charge in [-0.25, -0.2) is 9.59 Å². The highest BCUT2D eigenvalue weighted by atomic mass is 35.5. The second-order valence-electron chi connectivity index (χ2n) is 5.57. The Kier molecular flexibility index (Phi) is 5.34. The maximum Gasteiger partial charge on any atom is 0.339 e. The second-order valence-corrected chi connectivity index (χ2v) is 5.98. The van der Waals surface area contributed by atoms with Crippen molar-refractivity contribution in [2.24, 2.45) is 0 Å². The van der Waals surface area contributed by atoms with Crippen molar-refractivity contribution in [2.75, 3.05) is 0 Å². The van der Waals surface area contributed by atoms with Gasteiger partial charge in [-0.2, -0.15) is 0 Å². The number of carboxylic acid groups (broad SMARTS) is 1. The van der Waals surface area contributed by atoms with Crippen molar-refractivity contribution in [2.45, 2.75) is 6.10 Å². The van der Waals surface area contributed by atoms with E-state index in [0.29, 0.717) is 10.6 Å². The fraction of sp³-hybridized carbons (Fsp3) is 0.0476. The lowest BCUT2D eigenvalue weighted by atomic mass is 10.0. The van der Waals surface area contributed by atoms with E-state index >= 15 is 0 Å². The number of carboxylic acids is 1. The number of halogens is 1. The number of carbonyl (C=O) groups excluding carboxylic acids is 1. The Labute approximate surface area is 155 Å². The molecule has 0 aliphatic heterocycles. The highest BCUT2D eigenvalue weighted by Gasteiger charge is 2.24. The number of ether oxygens (including phenoxy) is 1. The average molecular weight is 367 g/mol. The molecule has 130 valence electrons. The Morgan fingerprint density at radius 2 is 1.38 bits per heavy atom. The molecule has 0 amide bonds. The molecule has 3 rings (SSSR count). The van der Waals surface area contributed by atoms with Gasteiger partial charge in [0, 0.05) is 10.6 Å². The summed E-state index contributed by atoms with van der Waals surface area (Å²) < 4.78 is 5.69. The largest absolute Gasteiger partial charge is 0.478 e. The fourth-order valence-electron chi connectivity index (χ4n) is 2.64. The number of carbonyl (C=O) groups is 2. The first-order valence-corrected chi connectivity index (χ1v) is 8.28. The van der Waals surface area contributed by atoms with Gasteiger partial charge in [-0.3, -0.25) is 0 Å². The van der Waals surface area contributed by atoms with Crippen molar-refractivity contribution in [3.63, 3.8) is 0 Å². The summed E-state index contributed by atoms with van der Waals surface area (Å²) in [6, 6.07) is 22.2. The zero-order valence-corrected chi connectivity index (χ0v) is 14.4. The quantitative estimate of drug-likeness (QED) is 0.646. The molecule has 0 aromatic heterocycles. The molecule has 26 heavy (non-hydrogen) atoms. The molecule has 0 bridgehead atoms. The maximum atomic E-state index is 12.7. The summed E-state index contributed by atoms with van der Waals surface area (Å²) in [5.74, 6) is -1.91. The summed E-state index contributed by atoms with van der Waals surface area (Å²) in [6.45, 7) is 0. The van der Waals surface area contributed by atoms with Crippen LogP contribution >= 0.6 is 11.6 Å². The summed E-state index contributed by atoms with van der Waals surface area (Å²) in [6.07, 6.45) is -0.751. The van der Waals surface area contributed by atoms with Gasteiger partial charge in [-0.15, -0.1) is 0 Å². The fourth-order valence-corrected chi connectivity index (χ4v) is 2.88. The molecular formula is C21H15ClO4. The van der Waals surface area contributed by atoms with E-state index in [4.69, 9.17) is 16.3 Å². The Bertz CT molecular complexity index is 938. The molecular weight excluding hydrogens is 352 g/mol. The molecule has 1 N–H and O–H groups in total. The summed E-state index contributed by atoms with van der Waals surface area (Å²) >= 11 is 6.29. The lowest BCUT2D eigenvalue weighted by molar-refractivity contribution is 0.0371. The first kappa shape index (κ1) is 17.7. The Morgan fingerprint density at radius 1 is 0.808 bits per heavy atom. The van der Waals surface area contributed by atoms with Crippen molar-refractivity contribution >= 4 is 23.5 Å². The van der Waals surface area contributed by atoms with E-state index in [-0.39, 0.29) is 11.1 Å². The van der Waals surface area contributed by atoms with E-state index in [1.807, 2.05) is 30.3 Å². The number of esters is 1. The van der Waals surface area contributed by atoms with Gasteiger partial charge in [0.05, 0.1) is 11.1 Å². The molecule has 0 saturated heterocycles. The number of aromatic carboxylic acids is 1. The van der Waals surface area contributed by atoms with Crippen LogP contribution in [0.3, 0.4) is 0 Å². The van der Waals surface area contributed by atoms with Crippen molar-refractivity contribution in [1.82, 2.24) is 0 Å². The number of rotatable bonds is 5. The zero-order chi connectivity index (χ0) is 18.5. The molecule has 0 saturated carbocycles. The molecule has 0 aliphatic carbocycles. The van der Waals surface area contributed by atoms with E-state index < -0.39 is 18.0 Å². The third-order valence-corrected chi connectivity index (χ3v) is 4.24. The molecule has 0 fully saturated rings. The van der Waals surface area contributed by atoms with E-state index in [1.165, 1.54) is 12.1 Å². The van der Waals surface area contributed by atoms with Crippen LogP contribution in [0.5, 0.6) is 0 Å². The van der Waals surface area contributed by atoms with Crippen molar-refractivity contribution < 1.29 is 19.4 Å².